The molecule has 0 aromatic heterocycles. The molecule has 0 amide bonds. The summed E-state index contributed by atoms with van der Waals surface area (Å²) in [5.74, 6) is -0.753. The van der Waals surface area contributed by atoms with Gasteiger partial charge in [0.25, 0.3) is 0 Å². The molecule has 56 valence electrons. The third kappa shape index (κ3) is 5.09. The molecule has 2 nitrogen and oxygen atoms in total. The number of carboxylic acids is 1. The van der Waals surface area contributed by atoms with Crippen LogP contribution < -0.4 is 0 Å². The minimum atomic E-state index is -0.753. The van der Waals surface area contributed by atoms with E-state index in [0.29, 0.717) is 6.42 Å². The summed E-state index contributed by atoms with van der Waals surface area (Å²) >= 11 is 0. The molecule has 0 atom stereocenters. The lowest BCUT2D eigenvalue weighted by molar-refractivity contribution is -0.136. The minimum absolute atomic E-state index is 0.205. The molecule has 0 bridgehead atoms. The van der Waals surface area contributed by atoms with Crippen molar-refractivity contribution in [3.8, 4) is 0 Å². The Hall–Kier alpha value is -1.05. The number of rotatable bonds is 4. The second-order valence-electron chi connectivity index (χ2n) is 2.14. The van der Waals surface area contributed by atoms with Gasteiger partial charge in [-0.1, -0.05) is 24.3 Å². The first kappa shape index (κ1) is 8.95. The summed E-state index contributed by atoms with van der Waals surface area (Å²) in [6, 6.07) is 0. The molecule has 0 unspecified atom stereocenters. The molecule has 0 aromatic carbocycles. The van der Waals surface area contributed by atoms with Gasteiger partial charge in [-0.3, -0.25) is 4.79 Å². The highest BCUT2D eigenvalue weighted by Crippen LogP contribution is 2.02. The molecule has 0 aliphatic rings. The predicted molar refractivity (Wildman–Crippen MR) is 40.8 cm³/mol. The molecule has 2 heteroatoms. The lowest BCUT2D eigenvalue weighted by Gasteiger charge is -1.93. The van der Waals surface area contributed by atoms with E-state index in [1.807, 2.05) is 13.0 Å². The maximum absolute atomic E-state index is 10.1. The van der Waals surface area contributed by atoms with Crippen molar-refractivity contribution >= 4 is 5.97 Å². The fourth-order valence-electron chi connectivity index (χ4n) is 0.589. The Balaban J connectivity index is 3.58. The van der Waals surface area contributed by atoms with E-state index in [-0.39, 0.29) is 6.42 Å². The lowest BCUT2D eigenvalue weighted by atomic mass is 10.1. The van der Waals surface area contributed by atoms with Gasteiger partial charge in [-0.15, -0.1) is 0 Å². The summed E-state index contributed by atoms with van der Waals surface area (Å²) in [5.41, 5.74) is 1.05. The van der Waals surface area contributed by atoms with Crippen LogP contribution in [0.4, 0.5) is 0 Å². The van der Waals surface area contributed by atoms with E-state index in [0.717, 1.165) is 5.57 Å². The quantitative estimate of drug-likeness (QED) is 0.606. The summed E-state index contributed by atoms with van der Waals surface area (Å²) in [7, 11) is 0. The largest absolute Gasteiger partial charge is 0.481 e. The molecule has 0 rings (SSSR count). The van der Waals surface area contributed by atoms with Crippen LogP contribution >= 0.6 is 0 Å². The summed E-state index contributed by atoms with van der Waals surface area (Å²) < 4.78 is 0. The summed E-state index contributed by atoms with van der Waals surface area (Å²) in [5, 5.41) is 8.28. The number of hydrogen-bond donors (Lipinski definition) is 1. The molecule has 0 saturated carbocycles. The molecular formula is C8H12O2. The van der Waals surface area contributed by atoms with Crippen LogP contribution in [0.5, 0.6) is 0 Å². The number of carboxylic acid groups (broad SMARTS) is 1. The second kappa shape index (κ2) is 4.79. The van der Waals surface area contributed by atoms with Crippen LogP contribution in [0, 0.1) is 0 Å². The van der Waals surface area contributed by atoms with Crippen molar-refractivity contribution in [2.24, 2.45) is 0 Å². The summed E-state index contributed by atoms with van der Waals surface area (Å²) in [6.45, 7) is 5.40. The highest BCUT2D eigenvalue weighted by atomic mass is 16.4. The van der Waals surface area contributed by atoms with E-state index in [2.05, 4.69) is 6.58 Å². The highest BCUT2D eigenvalue weighted by molar-refractivity contribution is 5.67. The second-order valence-corrected chi connectivity index (χ2v) is 2.14. The van der Waals surface area contributed by atoms with Gasteiger partial charge in [-0.25, -0.2) is 0 Å². The van der Waals surface area contributed by atoms with Gasteiger partial charge in [-0.2, -0.15) is 0 Å². The highest BCUT2D eigenvalue weighted by Gasteiger charge is 1.95. The average molecular weight is 140 g/mol. The molecular weight excluding hydrogens is 128 g/mol. The van der Waals surface area contributed by atoms with Gasteiger partial charge in [0.1, 0.15) is 0 Å². The first-order chi connectivity index (χ1) is 4.66. The van der Waals surface area contributed by atoms with Crippen LogP contribution in [-0.2, 0) is 4.79 Å². The third-order valence-electron chi connectivity index (χ3n) is 1.14. The molecule has 1 N–H and O–H groups in total. The lowest BCUT2D eigenvalue weighted by Crippen LogP contribution is -1.93. The monoisotopic (exact) mass is 140 g/mol. The molecule has 0 fully saturated rings. The smallest absolute Gasteiger partial charge is 0.303 e. The van der Waals surface area contributed by atoms with Crippen LogP contribution in [0.2, 0.25) is 0 Å². The van der Waals surface area contributed by atoms with Gasteiger partial charge in [-0.05, 0) is 13.3 Å². The van der Waals surface area contributed by atoms with Crippen molar-refractivity contribution in [3.05, 3.63) is 24.3 Å². The Morgan fingerprint density at radius 3 is 2.60 bits per heavy atom. The van der Waals surface area contributed by atoms with Crippen LogP contribution in [0.1, 0.15) is 19.8 Å². The summed E-state index contributed by atoms with van der Waals surface area (Å²) in [4.78, 5) is 10.1. The van der Waals surface area contributed by atoms with Gasteiger partial charge < -0.3 is 5.11 Å². The zero-order valence-electron chi connectivity index (χ0n) is 6.13. The number of hydrogen-bond acceptors (Lipinski definition) is 1. The van der Waals surface area contributed by atoms with Gasteiger partial charge in [0.05, 0.1) is 0 Å². The predicted octanol–water partition coefficient (Wildman–Crippen LogP) is 1.98. The molecule has 0 aliphatic heterocycles. The van der Waals surface area contributed by atoms with E-state index < -0.39 is 5.97 Å². The Morgan fingerprint density at radius 2 is 2.20 bits per heavy atom. The first-order valence-corrected chi connectivity index (χ1v) is 3.17. The molecule has 0 saturated heterocycles. The zero-order valence-corrected chi connectivity index (χ0v) is 6.13. The maximum atomic E-state index is 10.1. The third-order valence-corrected chi connectivity index (χ3v) is 1.14. The average Bonchev–Trinajstić information content (AvgIpc) is 1.85. The molecule has 0 radical (unpaired) electrons. The van der Waals surface area contributed by atoms with Crippen molar-refractivity contribution in [2.45, 2.75) is 19.8 Å². The van der Waals surface area contributed by atoms with E-state index in [4.69, 9.17) is 5.11 Å². The molecule has 0 heterocycles. The van der Waals surface area contributed by atoms with Crippen molar-refractivity contribution in [1.29, 1.82) is 0 Å². The standard InChI is InChI=1S/C8H12O2/c1-3-4-7(2)5-6-8(9)10/h3-4H,1,5-6H2,2H3,(H,9,10)/b7-4+. The fraction of sp³-hybridized carbons (Fsp3) is 0.375. The Morgan fingerprint density at radius 1 is 1.60 bits per heavy atom. The molecule has 0 aliphatic carbocycles. The maximum Gasteiger partial charge on any atom is 0.303 e. The zero-order chi connectivity index (χ0) is 7.98. The fourth-order valence-corrected chi connectivity index (χ4v) is 0.589. The van der Waals surface area contributed by atoms with E-state index >= 15 is 0 Å². The van der Waals surface area contributed by atoms with Gasteiger partial charge in [0.2, 0.25) is 0 Å². The number of aliphatic carboxylic acids is 1. The van der Waals surface area contributed by atoms with Crippen LogP contribution in [0.15, 0.2) is 24.3 Å². The number of carbonyl (C=O) groups is 1. The Bertz CT molecular complexity index is 157. The topological polar surface area (TPSA) is 37.3 Å². The van der Waals surface area contributed by atoms with E-state index in [1.165, 1.54) is 0 Å². The first-order valence-electron chi connectivity index (χ1n) is 3.17. The van der Waals surface area contributed by atoms with Gasteiger partial charge >= 0.3 is 5.97 Å². The van der Waals surface area contributed by atoms with E-state index in [1.54, 1.807) is 6.08 Å². The number of allylic oxidation sites excluding steroid dienone is 3. The molecule has 10 heavy (non-hydrogen) atoms. The van der Waals surface area contributed by atoms with Crippen LogP contribution in [0.25, 0.3) is 0 Å². The normalized spacial score (nSPS) is 11.1. The van der Waals surface area contributed by atoms with Crippen molar-refractivity contribution in [1.82, 2.24) is 0 Å². The molecule has 0 aromatic rings. The van der Waals surface area contributed by atoms with Gasteiger partial charge in [0, 0.05) is 6.42 Å². The van der Waals surface area contributed by atoms with Crippen molar-refractivity contribution in [2.75, 3.05) is 0 Å². The van der Waals surface area contributed by atoms with Gasteiger partial charge in [0.15, 0.2) is 0 Å². The van der Waals surface area contributed by atoms with Crippen molar-refractivity contribution in [3.63, 3.8) is 0 Å². The van der Waals surface area contributed by atoms with Crippen molar-refractivity contribution < 1.29 is 9.90 Å². The molecule has 0 spiro atoms. The van der Waals surface area contributed by atoms with Crippen LogP contribution in [0.3, 0.4) is 0 Å². The Labute approximate surface area is 60.9 Å². The SMILES string of the molecule is C=C/C=C(\C)CCC(=O)O. The van der Waals surface area contributed by atoms with E-state index in [9.17, 15) is 4.79 Å². The van der Waals surface area contributed by atoms with Crippen LogP contribution in [-0.4, -0.2) is 11.1 Å². The minimum Gasteiger partial charge on any atom is -0.481 e. The summed E-state index contributed by atoms with van der Waals surface area (Å²) in [6.07, 6.45) is 4.30. The Kier molecular flexibility index (Phi) is 4.29.